The van der Waals surface area contributed by atoms with E-state index in [-0.39, 0.29) is 4.90 Å². The number of carbonyl (C=O) groups is 1. The predicted octanol–water partition coefficient (Wildman–Crippen LogP) is 4.07. The summed E-state index contributed by atoms with van der Waals surface area (Å²) in [4.78, 5) is 17.8. The second kappa shape index (κ2) is 8.91. The van der Waals surface area contributed by atoms with Crippen molar-refractivity contribution in [3.05, 3.63) is 95.8 Å². The summed E-state index contributed by atoms with van der Waals surface area (Å²) in [5.41, 5.74) is 1.03. The molecule has 162 valence electrons. The van der Waals surface area contributed by atoms with Crippen molar-refractivity contribution in [1.29, 1.82) is 0 Å². The Bertz CT molecular complexity index is 1490. The zero-order valence-electron chi connectivity index (χ0n) is 16.8. The highest BCUT2D eigenvalue weighted by Gasteiger charge is 2.15. The Balaban J connectivity index is 1.80. The van der Waals surface area contributed by atoms with Crippen LogP contribution in [0, 0.1) is 0 Å². The van der Waals surface area contributed by atoms with Crippen molar-refractivity contribution < 1.29 is 17.9 Å². The molecule has 4 rings (SSSR count). The maximum Gasteiger partial charge on any atom is 0.283 e. The van der Waals surface area contributed by atoms with Crippen molar-refractivity contribution in [2.75, 3.05) is 0 Å². The molecule has 0 saturated carbocycles. The smallest absolute Gasteiger partial charge is 0.283 e. The molecule has 1 amide bonds. The minimum Gasteiger partial charge on any atom is -0.457 e. The van der Waals surface area contributed by atoms with Gasteiger partial charge in [0.25, 0.3) is 5.91 Å². The van der Waals surface area contributed by atoms with E-state index < -0.39 is 15.9 Å². The third kappa shape index (κ3) is 4.54. The molecule has 4 aromatic rings. The van der Waals surface area contributed by atoms with Crippen LogP contribution in [-0.4, -0.2) is 18.9 Å². The van der Waals surface area contributed by atoms with Gasteiger partial charge in [0.2, 0.25) is 10.0 Å². The first-order valence-electron chi connectivity index (χ1n) is 9.55. The van der Waals surface area contributed by atoms with Crippen LogP contribution in [0.2, 0.25) is 0 Å². The number of benzene rings is 3. The van der Waals surface area contributed by atoms with Crippen LogP contribution < -0.4 is 14.7 Å². The molecule has 0 aliphatic heterocycles. The van der Waals surface area contributed by atoms with E-state index in [1.165, 1.54) is 23.5 Å². The van der Waals surface area contributed by atoms with Gasteiger partial charge in [0.1, 0.15) is 11.5 Å². The average Bonchev–Trinajstić information content (AvgIpc) is 3.11. The van der Waals surface area contributed by atoms with Crippen molar-refractivity contribution >= 4 is 37.5 Å². The summed E-state index contributed by atoms with van der Waals surface area (Å²) in [5.74, 6) is 0.514. The summed E-state index contributed by atoms with van der Waals surface area (Å²) in [7, 11) is -3.85. The minimum absolute atomic E-state index is 0.00325. The molecule has 9 heteroatoms. The van der Waals surface area contributed by atoms with Gasteiger partial charge in [-0.25, -0.2) is 13.6 Å². The van der Waals surface area contributed by atoms with Gasteiger partial charge in [-0.05, 0) is 42.5 Å². The van der Waals surface area contributed by atoms with Crippen LogP contribution in [0.4, 0.5) is 0 Å². The Hall–Kier alpha value is -3.53. The first-order chi connectivity index (χ1) is 15.4. The number of carbonyl (C=O) groups excluding carboxylic acids is 1. The van der Waals surface area contributed by atoms with Gasteiger partial charge in [-0.15, -0.1) is 6.58 Å². The minimum atomic E-state index is -3.85. The third-order valence-electron chi connectivity index (χ3n) is 4.58. The second-order valence-electron chi connectivity index (χ2n) is 6.79. The Morgan fingerprint density at radius 1 is 1.09 bits per heavy atom. The Kier molecular flexibility index (Phi) is 6.04. The fraction of sp³-hybridized carbons (Fsp3) is 0.0435. The van der Waals surface area contributed by atoms with E-state index in [2.05, 4.69) is 11.6 Å². The number of aromatic nitrogens is 1. The number of amides is 1. The van der Waals surface area contributed by atoms with E-state index in [1.807, 2.05) is 18.2 Å². The number of para-hydroxylation sites is 2. The fourth-order valence-corrected chi connectivity index (χ4v) is 4.81. The van der Waals surface area contributed by atoms with Crippen molar-refractivity contribution in [2.24, 2.45) is 10.1 Å². The SMILES string of the molecule is C=CCn1c(=NC(=O)c2ccccc2Oc2ccccc2)sc2cc(S(N)(=O)=O)ccc21. The quantitative estimate of drug-likeness (QED) is 0.434. The lowest BCUT2D eigenvalue weighted by Gasteiger charge is -2.08. The standard InChI is InChI=1S/C23H19N3O4S2/c1-2-14-26-19-13-12-17(32(24,28)29)15-21(19)31-23(26)25-22(27)18-10-6-7-11-20(18)30-16-8-4-3-5-9-16/h2-13,15H,1,14H2,(H2,24,28,29). The zero-order chi connectivity index (χ0) is 22.7. The van der Waals surface area contributed by atoms with Crippen LogP contribution in [0.1, 0.15) is 10.4 Å². The number of sulfonamides is 1. The summed E-state index contributed by atoms with van der Waals surface area (Å²) in [6.45, 7) is 4.15. The van der Waals surface area contributed by atoms with Crippen LogP contribution >= 0.6 is 11.3 Å². The van der Waals surface area contributed by atoms with Gasteiger partial charge in [0.05, 0.1) is 20.7 Å². The van der Waals surface area contributed by atoms with E-state index in [9.17, 15) is 13.2 Å². The molecule has 0 spiro atoms. The molecule has 0 fully saturated rings. The lowest BCUT2D eigenvalue weighted by atomic mass is 10.2. The number of ether oxygens (including phenoxy) is 1. The fourth-order valence-electron chi connectivity index (χ4n) is 3.12. The molecule has 0 aliphatic rings. The van der Waals surface area contributed by atoms with Crippen molar-refractivity contribution in [3.63, 3.8) is 0 Å². The molecule has 0 aliphatic carbocycles. The number of nitrogens with two attached hydrogens (primary N) is 1. The van der Waals surface area contributed by atoms with E-state index in [0.717, 1.165) is 5.52 Å². The summed E-state index contributed by atoms with van der Waals surface area (Å²) in [5, 5.41) is 5.25. The second-order valence-corrected chi connectivity index (χ2v) is 9.36. The molecular formula is C23H19N3O4S2. The van der Waals surface area contributed by atoms with Crippen LogP contribution in [-0.2, 0) is 16.6 Å². The molecule has 0 saturated heterocycles. The van der Waals surface area contributed by atoms with Crippen LogP contribution in [0.15, 0.2) is 95.3 Å². The monoisotopic (exact) mass is 465 g/mol. The molecule has 1 aromatic heterocycles. The number of nitrogens with zero attached hydrogens (tertiary/aromatic N) is 2. The molecular weight excluding hydrogens is 446 g/mol. The van der Waals surface area contributed by atoms with Crippen LogP contribution in [0.25, 0.3) is 10.2 Å². The number of primary sulfonamides is 1. The van der Waals surface area contributed by atoms with E-state index in [0.29, 0.717) is 33.1 Å². The van der Waals surface area contributed by atoms with Crippen LogP contribution in [0.5, 0.6) is 11.5 Å². The molecule has 3 aromatic carbocycles. The Labute approximate surface area is 188 Å². The van der Waals surface area contributed by atoms with Gasteiger partial charge in [-0.3, -0.25) is 4.79 Å². The zero-order valence-corrected chi connectivity index (χ0v) is 18.5. The van der Waals surface area contributed by atoms with Gasteiger partial charge in [-0.1, -0.05) is 47.7 Å². The largest absolute Gasteiger partial charge is 0.457 e. The Morgan fingerprint density at radius 3 is 2.53 bits per heavy atom. The number of hydrogen-bond donors (Lipinski definition) is 1. The third-order valence-corrected chi connectivity index (χ3v) is 6.53. The highest BCUT2D eigenvalue weighted by molar-refractivity contribution is 7.89. The van der Waals surface area contributed by atoms with Crippen molar-refractivity contribution in [1.82, 2.24) is 4.57 Å². The van der Waals surface area contributed by atoms with Gasteiger partial charge in [-0.2, -0.15) is 4.99 Å². The normalized spacial score (nSPS) is 12.1. The molecule has 0 unspecified atom stereocenters. The predicted molar refractivity (Wildman–Crippen MR) is 124 cm³/mol. The van der Waals surface area contributed by atoms with E-state index >= 15 is 0 Å². The lowest BCUT2D eigenvalue weighted by molar-refractivity contribution is 0.0995. The summed E-state index contributed by atoms with van der Waals surface area (Å²) < 4.78 is 31.7. The van der Waals surface area contributed by atoms with Gasteiger partial charge in [0.15, 0.2) is 4.80 Å². The topological polar surface area (TPSA) is 104 Å². The summed E-state index contributed by atoms with van der Waals surface area (Å²) in [6, 6.07) is 20.6. The van der Waals surface area contributed by atoms with Crippen molar-refractivity contribution in [2.45, 2.75) is 11.4 Å². The molecule has 7 nitrogen and oxygen atoms in total. The highest BCUT2D eigenvalue weighted by atomic mass is 32.2. The number of thiazole rings is 1. The first kappa shape index (κ1) is 21.7. The molecule has 0 radical (unpaired) electrons. The van der Waals surface area contributed by atoms with E-state index in [4.69, 9.17) is 9.88 Å². The highest BCUT2D eigenvalue weighted by Crippen LogP contribution is 2.26. The summed E-state index contributed by atoms with van der Waals surface area (Å²) >= 11 is 1.19. The van der Waals surface area contributed by atoms with Crippen molar-refractivity contribution in [3.8, 4) is 11.5 Å². The number of allylic oxidation sites excluding steroid dienone is 1. The average molecular weight is 466 g/mol. The first-order valence-corrected chi connectivity index (χ1v) is 11.9. The maximum atomic E-state index is 13.1. The number of hydrogen-bond acceptors (Lipinski definition) is 5. The molecule has 2 N–H and O–H groups in total. The Morgan fingerprint density at radius 2 is 1.81 bits per heavy atom. The number of fused-ring (bicyclic) bond motifs is 1. The molecule has 1 heterocycles. The molecule has 0 bridgehead atoms. The molecule has 32 heavy (non-hydrogen) atoms. The van der Waals surface area contributed by atoms with Gasteiger partial charge in [0, 0.05) is 6.54 Å². The lowest BCUT2D eigenvalue weighted by Crippen LogP contribution is -2.16. The van der Waals surface area contributed by atoms with Gasteiger partial charge >= 0.3 is 0 Å². The van der Waals surface area contributed by atoms with E-state index in [1.54, 1.807) is 53.1 Å². The maximum absolute atomic E-state index is 13.1. The number of rotatable bonds is 6. The van der Waals surface area contributed by atoms with Crippen LogP contribution in [0.3, 0.4) is 0 Å². The summed E-state index contributed by atoms with van der Waals surface area (Å²) in [6.07, 6.45) is 1.68. The molecule has 0 atom stereocenters. The van der Waals surface area contributed by atoms with Gasteiger partial charge < -0.3 is 9.30 Å².